The van der Waals surface area contributed by atoms with Crippen molar-refractivity contribution in [3.05, 3.63) is 45.7 Å². The SMILES string of the molecule is CCc1nn(C)c(CN2CCC(=O)c3ccccc32)c1Br. The molecule has 1 aliphatic rings. The standard InChI is InChI=1S/C16H18BrN3O/c1-3-12-16(17)14(19(2)18-12)10-20-9-8-15(21)11-6-4-5-7-13(11)20/h4-7H,3,8-10H2,1-2H3. The maximum atomic E-state index is 12.0. The summed E-state index contributed by atoms with van der Waals surface area (Å²) in [5, 5.41) is 4.54. The Bertz CT molecular complexity index is 693. The highest BCUT2D eigenvalue weighted by Gasteiger charge is 2.24. The van der Waals surface area contributed by atoms with E-state index in [0.717, 1.165) is 46.6 Å². The second-order valence-corrected chi connectivity index (χ2v) is 6.09. The van der Waals surface area contributed by atoms with Gasteiger partial charge >= 0.3 is 0 Å². The summed E-state index contributed by atoms with van der Waals surface area (Å²) in [6, 6.07) is 7.85. The van der Waals surface area contributed by atoms with Gasteiger partial charge in [0.1, 0.15) is 0 Å². The third kappa shape index (κ3) is 2.50. The Kier molecular flexibility index (Phi) is 3.85. The van der Waals surface area contributed by atoms with Gasteiger partial charge in [0.2, 0.25) is 0 Å². The zero-order chi connectivity index (χ0) is 15.0. The van der Waals surface area contributed by atoms with E-state index in [9.17, 15) is 4.79 Å². The number of rotatable bonds is 3. The highest BCUT2D eigenvalue weighted by molar-refractivity contribution is 9.10. The second kappa shape index (κ2) is 5.64. The van der Waals surface area contributed by atoms with Gasteiger partial charge in [-0.15, -0.1) is 0 Å². The van der Waals surface area contributed by atoms with Gasteiger partial charge in [-0.1, -0.05) is 19.1 Å². The van der Waals surface area contributed by atoms with E-state index in [1.165, 1.54) is 0 Å². The predicted octanol–water partition coefficient (Wildman–Crippen LogP) is 3.34. The molecular weight excluding hydrogens is 330 g/mol. The fourth-order valence-electron chi connectivity index (χ4n) is 2.81. The topological polar surface area (TPSA) is 38.1 Å². The molecule has 21 heavy (non-hydrogen) atoms. The van der Waals surface area contributed by atoms with Crippen LogP contribution in [0.5, 0.6) is 0 Å². The van der Waals surface area contributed by atoms with Crippen LogP contribution in [-0.4, -0.2) is 22.1 Å². The summed E-state index contributed by atoms with van der Waals surface area (Å²) >= 11 is 3.66. The third-order valence-corrected chi connectivity index (χ3v) is 4.91. The molecule has 0 bridgehead atoms. The molecule has 3 rings (SSSR count). The van der Waals surface area contributed by atoms with Crippen LogP contribution in [0.25, 0.3) is 0 Å². The van der Waals surface area contributed by atoms with E-state index in [0.29, 0.717) is 6.42 Å². The summed E-state index contributed by atoms with van der Waals surface area (Å²) < 4.78 is 3.02. The van der Waals surface area contributed by atoms with Gasteiger partial charge in [-0.2, -0.15) is 5.10 Å². The highest BCUT2D eigenvalue weighted by atomic mass is 79.9. The summed E-state index contributed by atoms with van der Waals surface area (Å²) in [5.74, 6) is 0.236. The molecule has 1 aliphatic heterocycles. The van der Waals surface area contributed by atoms with Crippen molar-refractivity contribution in [1.29, 1.82) is 0 Å². The van der Waals surface area contributed by atoms with Gasteiger partial charge in [-0.05, 0) is 34.5 Å². The molecular formula is C16H18BrN3O. The lowest BCUT2D eigenvalue weighted by atomic mass is 10.0. The number of Topliss-reactive ketones (excluding diaryl/α,β-unsaturated/α-hetero) is 1. The number of ketones is 1. The van der Waals surface area contributed by atoms with Crippen molar-refractivity contribution in [3.63, 3.8) is 0 Å². The van der Waals surface area contributed by atoms with Gasteiger partial charge < -0.3 is 4.90 Å². The number of hydrogen-bond donors (Lipinski definition) is 0. The highest BCUT2D eigenvalue weighted by Crippen LogP contribution is 2.30. The average Bonchev–Trinajstić information content (AvgIpc) is 2.77. The molecule has 2 heterocycles. The van der Waals surface area contributed by atoms with Crippen LogP contribution >= 0.6 is 15.9 Å². The maximum absolute atomic E-state index is 12.0. The molecule has 5 heteroatoms. The molecule has 2 aromatic rings. The predicted molar refractivity (Wildman–Crippen MR) is 86.7 cm³/mol. The summed E-state index contributed by atoms with van der Waals surface area (Å²) in [4.78, 5) is 14.3. The number of para-hydroxylation sites is 1. The van der Waals surface area contributed by atoms with E-state index in [2.05, 4.69) is 32.9 Å². The van der Waals surface area contributed by atoms with Crippen LogP contribution in [0, 0.1) is 0 Å². The van der Waals surface area contributed by atoms with Gasteiger partial charge in [0.25, 0.3) is 0 Å². The lowest BCUT2D eigenvalue weighted by Gasteiger charge is -2.30. The zero-order valence-electron chi connectivity index (χ0n) is 12.3. The molecule has 1 aromatic carbocycles. The van der Waals surface area contributed by atoms with E-state index in [1.807, 2.05) is 36.0 Å². The number of nitrogens with zero attached hydrogens (tertiary/aromatic N) is 3. The van der Waals surface area contributed by atoms with Crippen LogP contribution in [0.3, 0.4) is 0 Å². The van der Waals surface area contributed by atoms with Crippen molar-refractivity contribution in [3.8, 4) is 0 Å². The van der Waals surface area contributed by atoms with Crippen molar-refractivity contribution in [2.24, 2.45) is 7.05 Å². The molecule has 0 radical (unpaired) electrons. The Morgan fingerprint density at radius 1 is 1.33 bits per heavy atom. The summed E-state index contributed by atoms with van der Waals surface area (Å²) in [7, 11) is 1.97. The number of anilines is 1. The van der Waals surface area contributed by atoms with Gasteiger partial charge in [-0.25, -0.2) is 0 Å². The van der Waals surface area contributed by atoms with Crippen molar-refractivity contribution >= 4 is 27.4 Å². The molecule has 0 spiro atoms. The Balaban J connectivity index is 1.95. The van der Waals surface area contributed by atoms with Gasteiger partial charge in [0, 0.05) is 31.3 Å². The molecule has 0 saturated heterocycles. The Morgan fingerprint density at radius 2 is 2.10 bits per heavy atom. The summed E-state index contributed by atoms with van der Waals surface area (Å²) in [6.07, 6.45) is 1.48. The largest absolute Gasteiger partial charge is 0.365 e. The molecule has 0 fully saturated rings. The van der Waals surface area contributed by atoms with E-state index in [4.69, 9.17) is 0 Å². The van der Waals surface area contributed by atoms with Crippen molar-refractivity contribution in [1.82, 2.24) is 9.78 Å². The molecule has 0 unspecified atom stereocenters. The third-order valence-electron chi connectivity index (χ3n) is 4.00. The van der Waals surface area contributed by atoms with Crippen molar-refractivity contribution in [2.45, 2.75) is 26.3 Å². The number of halogens is 1. The van der Waals surface area contributed by atoms with Crippen molar-refractivity contribution in [2.75, 3.05) is 11.4 Å². The zero-order valence-corrected chi connectivity index (χ0v) is 13.9. The van der Waals surface area contributed by atoms with Crippen LogP contribution in [0.2, 0.25) is 0 Å². The average molecular weight is 348 g/mol. The number of carbonyl (C=O) groups excluding carboxylic acids is 1. The minimum absolute atomic E-state index is 0.236. The Morgan fingerprint density at radius 3 is 2.81 bits per heavy atom. The minimum atomic E-state index is 0.236. The molecule has 0 amide bonds. The van der Waals surface area contributed by atoms with Gasteiger partial charge in [0.15, 0.2) is 5.78 Å². The first-order chi connectivity index (χ1) is 10.1. The Hall–Kier alpha value is -1.62. The number of aromatic nitrogens is 2. The van der Waals surface area contributed by atoms with E-state index in [-0.39, 0.29) is 5.78 Å². The summed E-state index contributed by atoms with van der Waals surface area (Å²) in [5.41, 5.74) is 4.09. The van der Waals surface area contributed by atoms with Crippen LogP contribution in [-0.2, 0) is 20.0 Å². The van der Waals surface area contributed by atoms with Crippen LogP contribution in [0.4, 0.5) is 5.69 Å². The molecule has 0 N–H and O–H groups in total. The fourth-order valence-corrected chi connectivity index (χ4v) is 3.56. The lowest BCUT2D eigenvalue weighted by Crippen LogP contribution is -2.32. The first kappa shape index (κ1) is 14.3. The number of benzene rings is 1. The molecule has 1 aromatic heterocycles. The normalized spacial score (nSPS) is 14.4. The molecule has 0 atom stereocenters. The quantitative estimate of drug-likeness (QED) is 0.854. The number of aryl methyl sites for hydroxylation is 2. The number of fused-ring (bicyclic) bond motifs is 1. The first-order valence-electron chi connectivity index (χ1n) is 7.19. The van der Waals surface area contributed by atoms with Gasteiger partial charge in [-0.3, -0.25) is 9.48 Å². The van der Waals surface area contributed by atoms with Gasteiger partial charge in [0.05, 0.1) is 22.4 Å². The van der Waals surface area contributed by atoms with Crippen molar-refractivity contribution < 1.29 is 4.79 Å². The second-order valence-electron chi connectivity index (χ2n) is 5.30. The monoisotopic (exact) mass is 347 g/mol. The molecule has 0 aliphatic carbocycles. The number of hydrogen-bond acceptors (Lipinski definition) is 3. The smallest absolute Gasteiger partial charge is 0.166 e. The maximum Gasteiger partial charge on any atom is 0.166 e. The minimum Gasteiger partial charge on any atom is -0.365 e. The van der Waals surface area contributed by atoms with Crippen LogP contribution < -0.4 is 4.90 Å². The lowest BCUT2D eigenvalue weighted by molar-refractivity contribution is 0.0979. The van der Waals surface area contributed by atoms with Crippen LogP contribution in [0.15, 0.2) is 28.7 Å². The number of carbonyl (C=O) groups is 1. The molecule has 0 saturated carbocycles. The fraction of sp³-hybridized carbons (Fsp3) is 0.375. The van der Waals surface area contributed by atoms with E-state index in [1.54, 1.807) is 0 Å². The summed E-state index contributed by atoms with van der Waals surface area (Å²) in [6.45, 7) is 3.62. The molecule has 110 valence electrons. The van der Waals surface area contributed by atoms with Crippen LogP contribution in [0.1, 0.15) is 35.1 Å². The molecule has 4 nitrogen and oxygen atoms in total. The van der Waals surface area contributed by atoms with E-state index < -0.39 is 0 Å². The van der Waals surface area contributed by atoms with E-state index >= 15 is 0 Å². The first-order valence-corrected chi connectivity index (χ1v) is 7.98. The Labute approximate surface area is 132 Å².